The summed E-state index contributed by atoms with van der Waals surface area (Å²) in [7, 11) is 1.51. The molecule has 0 saturated carbocycles. The molecule has 2 aromatic rings. The molecule has 0 spiro atoms. The van der Waals surface area contributed by atoms with Crippen molar-refractivity contribution in [3.63, 3.8) is 0 Å². The van der Waals surface area contributed by atoms with E-state index in [0.29, 0.717) is 42.0 Å². The van der Waals surface area contributed by atoms with E-state index in [4.69, 9.17) is 23.7 Å². The van der Waals surface area contributed by atoms with Crippen LogP contribution in [-0.2, 0) is 18.9 Å². The minimum absolute atomic E-state index is 0.0131. The van der Waals surface area contributed by atoms with Crippen molar-refractivity contribution in [1.29, 1.82) is 0 Å². The van der Waals surface area contributed by atoms with Gasteiger partial charge >= 0.3 is 24.4 Å². The Bertz CT molecular complexity index is 2220. The van der Waals surface area contributed by atoms with Gasteiger partial charge < -0.3 is 38.8 Å². The van der Waals surface area contributed by atoms with Gasteiger partial charge in [0.2, 0.25) is 11.9 Å². The van der Waals surface area contributed by atoms with E-state index in [0.717, 1.165) is 11.1 Å². The molecule has 18 heteroatoms. The molecule has 2 aromatic carbocycles. The molecule has 5 amide bonds. The van der Waals surface area contributed by atoms with Gasteiger partial charge in [0.15, 0.2) is 0 Å². The van der Waals surface area contributed by atoms with Crippen molar-refractivity contribution < 1.29 is 52.0 Å². The Morgan fingerprint density at radius 3 is 1.44 bits per heavy atom. The van der Waals surface area contributed by atoms with Crippen LogP contribution in [0.3, 0.4) is 0 Å². The molecule has 0 aliphatic carbocycles. The van der Waals surface area contributed by atoms with Crippen LogP contribution in [0.25, 0.3) is 11.1 Å². The number of hydrogen-bond acceptors (Lipinski definition) is 10. The predicted octanol–water partition coefficient (Wildman–Crippen LogP) is 8.90. The first-order valence-corrected chi connectivity index (χ1v) is 20.9. The Hall–Kier alpha value is -6.46. The summed E-state index contributed by atoms with van der Waals surface area (Å²) in [5.41, 5.74) is -0.0233. The molecule has 17 nitrogen and oxygen atoms in total. The molecule has 3 N–H and O–H groups in total. The number of carbonyl (C=O) groups is 5. The van der Waals surface area contributed by atoms with E-state index < -0.39 is 58.5 Å². The number of nitrogens with one attached hydrogen (secondary N) is 3. The zero-order valence-corrected chi connectivity index (χ0v) is 39.1. The summed E-state index contributed by atoms with van der Waals surface area (Å²) in [4.78, 5) is 75.3. The second-order valence-corrected chi connectivity index (χ2v) is 19.0. The summed E-state index contributed by atoms with van der Waals surface area (Å²) in [5.74, 6) is -0.743. The van der Waals surface area contributed by atoms with E-state index in [9.17, 15) is 24.0 Å². The second-order valence-electron chi connectivity index (χ2n) is 19.0. The van der Waals surface area contributed by atoms with Crippen LogP contribution < -0.4 is 20.7 Å². The molecule has 0 unspecified atom stereocenters. The van der Waals surface area contributed by atoms with E-state index in [-0.39, 0.29) is 37.1 Å². The Morgan fingerprint density at radius 1 is 0.609 bits per heavy atom. The molecule has 348 valence electrons. The Morgan fingerprint density at radius 2 is 1.05 bits per heavy atom. The predicted molar refractivity (Wildman–Crippen MR) is 242 cm³/mol. The zero-order chi connectivity index (χ0) is 47.8. The van der Waals surface area contributed by atoms with Crippen LogP contribution in [0.5, 0.6) is 5.75 Å². The Balaban J connectivity index is 1.45. The number of halogens is 1. The van der Waals surface area contributed by atoms with Gasteiger partial charge in [-0.25, -0.2) is 23.6 Å². The molecule has 4 rings (SSSR count). The molecule has 2 aliphatic heterocycles. The first-order chi connectivity index (χ1) is 29.6. The van der Waals surface area contributed by atoms with Gasteiger partial charge in [-0.1, -0.05) is 18.2 Å². The number of nitrogens with zero attached hydrogens (tertiary/aromatic N) is 4. The highest BCUT2D eigenvalue weighted by atomic mass is 19.1. The van der Waals surface area contributed by atoms with Crippen molar-refractivity contribution in [2.24, 2.45) is 9.98 Å². The van der Waals surface area contributed by atoms with Gasteiger partial charge in [-0.3, -0.25) is 15.4 Å². The lowest BCUT2D eigenvalue weighted by Gasteiger charge is -2.30. The number of anilines is 1. The third-order valence-electron chi connectivity index (χ3n) is 8.81. The fourth-order valence-electron chi connectivity index (χ4n) is 6.25. The highest BCUT2D eigenvalue weighted by Gasteiger charge is 2.28. The highest BCUT2D eigenvalue weighted by Crippen LogP contribution is 2.33. The molecule has 0 saturated heterocycles. The smallest absolute Gasteiger partial charge is 0.437 e. The summed E-state index contributed by atoms with van der Waals surface area (Å²) in [6, 6.07) is 9.42. The minimum atomic E-state index is -0.896. The van der Waals surface area contributed by atoms with Crippen LogP contribution >= 0.6 is 0 Å². The molecule has 0 atom stereocenters. The van der Waals surface area contributed by atoms with Crippen molar-refractivity contribution in [1.82, 2.24) is 20.4 Å². The monoisotopic (exact) mass is 891 g/mol. The van der Waals surface area contributed by atoms with Crippen LogP contribution in [0.15, 0.2) is 58.5 Å². The highest BCUT2D eigenvalue weighted by molar-refractivity contribution is 6.05. The lowest BCUT2D eigenvalue weighted by molar-refractivity contribution is 0.0536. The van der Waals surface area contributed by atoms with E-state index in [1.807, 2.05) is 6.08 Å². The van der Waals surface area contributed by atoms with Crippen LogP contribution in [0.2, 0.25) is 0 Å². The number of alkyl carbamates (subject to hydrolysis) is 2. The number of methoxy groups -OCH3 is 1. The van der Waals surface area contributed by atoms with Crippen molar-refractivity contribution in [3.05, 3.63) is 71.1 Å². The normalized spacial score (nSPS) is 15.3. The molecule has 0 aromatic heterocycles. The first-order valence-electron chi connectivity index (χ1n) is 20.9. The minimum Gasteiger partial charge on any atom is -0.496 e. The van der Waals surface area contributed by atoms with Crippen LogP contribution in [0.4, 0.5) is 29.3 Å². The molecule has 0 bridgehead atoms. The molecular formula is C46H62FN7O10. The standard InChI is InChI=1S/C46H62FN7O10/c1-43(2,3)61-39(56)49-37(50-40(57)62-44(4,5)6)53-22-18-28(19-23-53)32-16-14-30(26-34(32)47)36(55)48-31-15-17-33(35(27-31)60-13)29-20-24-54(25-21-29)38(51-41(58)63-45(7,8)9)52-42(59)64-46(10,11)12/h14-18,20,26-27H,19,21-25H2,1-13H3,(H,48,55)(H,49,50,56,57)(H,51,52,58,59). The fraction of sp³-hybridized carbons (Fsp3) is 0.500. The molecule has 2 heterocycles. The van der Waals surface area contributed by atoms with Crippen molar-refractivity contribution in [2.45, 2.75) is 118 Å². The number of rotatable bonds is 5. The average Bonchev–Trinajstić information content (AvgIpc) is 3.14. The summed E-state index contributed by atoms with van der Waals surface area (Å²) < 4.78 is 42.8. The van der Waals surface area contributed by atoms with E-state index >= 15 is 4.39 Å². The number of benzene rings is 2. The van der Waals surface area contributed by atoms with E-state index in [1.165, 1.54) is 25.3 Å². The lowest BCUT2D eigenvalue weighted by atomic mass is 9.97. The maximum absolute atomic E-state index is 15.7. The van der Waals surface area contributed by atoms with Crippen molar-refractivity contribution in [2.75, 3.05) is 38.6 Å². The lowest BCUT2D eigenvalue weighted by Crippen LogP contribution is -2.48. The number of amides is 5. The maximum atomic E-state index is 15.7. The van der Waals surface area contributed by atoms with Crippen LogP contribution in [0.1, 0.15) is 117 Å². The van der Waals surface area contributed by atoms with Crippen molar-refractivity contribution in [3.8, 4) is 5.75 Å². The number of ether oxygens (including phenoxy) is 5. The molecule has 64 heavy (non-hydrogen) atoms. The fourth-order valence-corrected chi connectivity index (χ4v) is 6.25. The molecular weight excluding hydrogens is 830 g/mol. The average molecular weight is 892 g/mol. The molecule has 2 aliphatic rings. The van der Waals surface area contributed by atoms with Gasteiger partial charge in [-0.05, 0) is 131 Å². The Labute approximate surface area is 374 Å². The van der Waals surface area contributed by atoms with E-state index in [2.05, 4.69) is 25.9 Å². The topological polar surface area (TPSA) is 199 Å². The van der Waals surface area contributed by atoms with Crippen molar-refractivity contribution >= 4 is 59.0 Å². The van der Waals surface area contributed by atoms with Gasteiger partial charge in [0.05, 0.1) is 7.11 Å². The SMILES string of the molecule is COc1cc(NC(=O)c2ccc(C3=CCN(C(=NC(=O)OC(C)(C)C)NC(=O)OC(C)(C)C)CC3)c(F)c2)ccc1C1=CCN(C(=NC(=O)OC(C)(C)C)NC(=O)OC(C)(C)C)CC1. The Kier molecular flexibility index (Phi) is 16.0. The summed E-state index contributed by atoms with van der Waals surface area (Å²) in [6.07, 6.45) is 1.15. The van der Waals surface area contributed by atoms with Gasteiger partial charge in [0, 0.05) is 54.6 Å². The van der Waals surface area contributed by atoms with E-state index in [1.54, 1.807) is 117 Å². The van der Waals surface area contributed by atoms with Gasteiger partial charge in [-0.15, -0.1) is 9.98 Å². The van der Waals surface area contributed by atoms with Gasteiger partial charge in [0.1, 0.15) is 34.0 Å². The van der Waals surface area contributed by atoms with Crippen LogP contribution in [0, 0.1) is 5.82 Å². The summed E-state index contributed by atoms with van der Waals surface area (Å²) in [5, 5.41) is 7.94. The van der Waals surface area contributed by atoms with Gasteiger partial charge in [0.25, 0.3) is 5.91 Å². The first kappa shape index (κ1) is 50.2. The second kappa shape index (κ2) is 20.4. The number of aliphatic imine (C=N–C) groups is 2. The summed E-state index contributed by atoms with van der Waals surface area (Å²) in [6.45, 7) is 21.6. The third kappa shape index (κ3) is 16.0. The molecule has 0 fully saturated rings. The quantitative estimate of drug-likeness (QED) is 0.147. The summed E-state index contributed by atoms with van der Waals surface area (Å²) >= 11 is 0. The van der Waals surface area contributed by atoms with Crippen LogP contribution in [-0.4, -0.2) is 108 Å². The third-order valence-corrected chi connectivity index (χ3v) is 8.81. The maximum Gasteiger partial charge on any atom is 0.437 e. The van der Waals surface area contributed by atoms with Gasteiger partial charge in [-0.2, -0.15) is 0 Å². The largest absolute Gasteiger partial charge is 0.496 e. The number of hydrogen-bond donors (Lipinski definition) is 3. The zero-order valence-electron chi connectivity index (χ0n) is 39.1. The molecule has 0 radical (unpaired) electrons. The number of carbonyl (C=O) groups excluding carboxylic acids is 5. The number of guanidine groups is 2.